The lowest BCUT2D eigenvalue weighted by Crippen LogP contribution is -2.58. The van der Waals surface area contributed by atoms with E-state index in [0.29, 0.717) is 24.8 Å². The van der Waals surface area contributed by atoms with Gasteiger partial charge in [-0.2, -0.15) is 0 Å². The summed E-state index contributed by atoms with van der Waals surface area (Å²) in [5.74, 6) is 1.29. The van der Waals surface area contributed by atoms with Crippen LogP contribution in [0.15, 0.2) is 30.3 Å². The number of rotatable bonds is 7. The molecule has 2 amide bonds. The van der Waals surface area contributed by atoms with E-state index in [1.54, 1.807) is 0 Å². The van der Waals surface area contributed by atoms with E-state index in [4.69, 9.17) is 4.98 Å². The highest BCUT2D eigenvalue weighted by molar-refractivity contribution is 6.06. The van der Waals surface area contributed by atoms with Crippen LogP contribution in [0.4, 0.5) is 0 Å². The number of amides is 2. The quantitative estimate of drug-likeness (QED) is 0.645. The summed E-state index contributed by atoms with van der Waals surface area (Å²) in [6.45, 7) is 9.55. The number of hydrogen-bond donors (Lipinski definition) is 0. The van der Waals surface area contributed by atoms with E-state index < -0.39 is 0 Å². The maximum absolute atomic E-state index is 13.7. The summed E-state index contributed by atoms with van der Waals surface area (Å²) >= 11 is 0. The molecule has 33 heavy (non-hydrogen) atoms. The molecule has 1 saturated carbocycles. The van der Waals surface area contributed by atoms with Gasteiger partial charge in [0.1, 0.15) is 0 Å². The average molecular weight is 449 g/mol. The number of hydrogen-bond acceptors (Lipinski definition) is 4. The predicted molar refractivity (Wildman–Crippen MR) is 130 cm³/mol. The van der Waals surface area contributed by atoms with Crippen molar-refractivity contribution in [1.82, 2.24) is 19.7 Å². The number of nitrogens with zero attached hydrogens (tertiary/aromatic N) is 4. The van der Waals surface area contributed by atoms with Crippen LogP contribution < -0.4 is 0 Å². The summed E-state index contributed by atoms with van der Waals surface area (Å²) in [5.41, 5.74) is 2.79. The summed E-state index contributed by atoms with van der Waals surface area (Å²) < 4.78 is 0. The van der Waals surface area contributed by atoms with Crippen molar-refractivity contribution >= 4 is 22.7 Å². The second-order valence-corrected chi connectivity index (χ2v) is 9.91. The normalized spacial score (nSPS) is 23.3. The van der Waals surface area contributed by atoms with E-state index in [-0.39, 0.29) is 17.9 Å². The van der Waals surface area contributed by atoms with Gasteiger partial charge in [0.15, 0.2) is 0 Å². The van der Waals surface area contributed by atoms with Crippen LogP contribution in [0.3, 0.4) is 0 Å². The lowest BCUT2D eigenvalue weighted by atomic mass is 9.83. The Kier molecular flexibility index (Phi) is 6.37. The number of para-hydroxylation sites is 1. The Morgan fingerprint density at radius 1 is 1.12 bits per heavy atom. The minimum atomic E-state index is 0.126. The molecule has 0 N–H and O–H groups in total. The van der Waals surface area contributed by atoms with E-state index >= 15 is 0 Å². The summed E-state index contributed by atoms with van der Waals surface area (Å²) in [6.07, 6.45) is 4.71. The Balaban J connectivity index is 1.33. The van der Waals surface area contributed by atoms with Gasteiger partial charge in [0.2, 0.25) is 5.91 Å². The minimum Gasteiger partial charge on any atom is -0.338 e. The summed E-state index contributed by atoms with van der Waals surface area (Å²) in [7, 11) is 0. The first-order valence-electron chi connectivity index (χ1n) is 12.8. The third-order valence-electron chi connectivity index (χ3n) is 7.94. The lowest BCUT2D eigenvalue weighted by Gasteiger charge is -2.47. The zero-order valence-electron chi connectivity index (χ0n) is 20.0. The zero-order chi connectivity index (χ0) is 22.9. The van der Waals surface area contributed by atoms with Crippen molar-refractivity contribution in [2.45, 2.75) is 57.9 Å². The Labute approximate surface area is 196 Å². The molecule has 1 aliphatic carbocycles. The van der Waals surface area contributed by atoms with Gasteiger partial charge >= 0.3 is 0 Å². The van der Waals surface area contributed by atoms with E-state index in [1.165, 1.54) is 12.8 Å². The van der Waals surface area contributed by atoms with Crippen molar-refractivity contribution in [3.05, 3.63) is 41.6 Å². The van der Waals surface area contributed by atoms with Crippen molar-refractivity contribution in [3.63, 3.8) is 0 Å². The maximum atomic E-state index is 13.7. The second-order valence-electron chi connectivity index (χ2n) is 9.91. The van der Waals surface area contributed by atoms with Gasteiger partial charge in [-0.25, -0.2) is 0 Å². The number of likely N-dealkylation sites (tertiary alicyclic amines) is 2. The van der Waals surface area contributed by atoms with Crippen LogP contribution in [0.25, 0.3) is 10.9 Å². The maximum Gasteiger partial charge on any atom is 0.254 e. The molecule has 5 rings (SSSR count). The Bertz CT molecular complexity index is 1030. The first-order valence-corrected chi connectivity index (χ1v) is 12.8. The number of piperidine rings is 2. The van der Waals surface area contributed by atoms with Crippen LogP contribution in [-0.4, -0.2) is 76.8 Å². The molecule has 0 radical (unpaired) electrons. The molecule has 2 aromatic rings. The minimum absolute atomic E-state index is 0.126. The third-order valence-corrected chi connectivity index (χ3v) is 7.94. The SMILES string of the molecule is CCN(CC)CCN1C(=O)CC[C@@H]2CN(C(=O)c3cc(C4CC4)nc4ccccc34)CC[C@@H]21. The average Bonchev–Trinajstić information content (AvgIpc) is 3.70. The molecular formula is C27H36N4O2. The molecular weight excluding hydrogens is 412 g/mol. The fourth-order valence-electron chi connectivity index (χ4n) is 5.75. The first-order chi connectivity index (χ1) is 16.1. The Hall–Kier alpha value is -2.47. The molecule has 3 heterocycles. The van der Waals surface area contributed by atoms with Crippen molar-refractivity contribution in [2.75, 3.05) is 39.3 Å². The van der Waals surface area contributed by atoms with Crippen LogP contribution in [0.1, 0.15) is 67.9 Å². The van der Waals surface area contributed by atoms with Crippen LogP contribution in [-0.2, 0) is 4.79 Å². The Morgan fingerprint density at radius 2 is 1.91 bits per heavy atom. The second kappa shape index (κ2) is 9.41. The van der Waals surface area contributed by atoms with E-state index in [1.807, 2.05) is 29.2 Å². The fourth-order valence-corrected chi connectivity index (χ4v) is 5.75. The number of benzene rings is 1. The first kappa shape index (κ1) is 22.3. The fraction of sp³-hybridized carbons (Fsp3) is 0.593. The molecule has 1 aromatic heterocycles. The molecule has 176 valence electrons. The highest BCUT2D eigenvalue weighted by Crippen LogP contribution is 2.40. The van der Waals surface area contributed by atoms with Gasteiger partial charge in [-0.05, 0) is 56.8 Å². The summed E-state index contributed by atoms with van der Waals surface area (Å²) in [4.78, 5) is 37.9. The van der Waals surface area contributed by atoms with Crippen molar-refractivity contribution in [1.29, 1.82) is 0 Å². The van der Waals surface area contributed by atoms with Crippen molar-refractivity contribution in [2.24, 2.45) is 5.92 Å². The van der Waals surface area contributed by atoms with Gasteiger partial charge in [-0.3, -0.25) is 14.6 Å². The number of likely N-dealkylation sites (N-methyl/N-ethyl adjacent to an activating group) is 1. The largest absolute Gasteiger partial charge is 0.338 e. The smallest absolute Gasteiger partial charge is 0.254 e. The van der Waals surface area contributed by atoms with Gasteiger partial charge < -0.3 is 14.7 Å². The van der Waals surface area contributed by atoms with Crippen LogP contribution >= 0.6 is 0 Å². The monoisotopic (exact) mass is 448 g/mol. The highest BCUT2D eigenvalue weighted by Gasteiger charge is 2.40. The van der Waals surface area contributed by atoms with E-state index in [0.717, 1.165) is 67.7 Å². The van der Waals surface area contributed by atoms with Gasteiger partial charge in [0.05, 0.1) is 11.1 Å². The van der Waals surface area contributed by atoms with Gasteiger partial charge in [0.25, 0.3) is 5.91 Å². The molecule has 3 aliphatic rings. The Morgan fingerprint density at radius 3 is 2.67 bits per heavy atom. The standard InChI is InChI=1S/C27H36N4O2/c1-3-29(4-2)15-16-31-25-13-14-30(18-20(25)11-12-26(31)32)27(33)22-17-24(19-9-10-19)28-23-8-6-5-7-21(22)23/h5-8,17,19-20,25H,3-4,9-16,18H2,1-2H3/t20-,25+/m1/s1. The number of pyridine rings is 1. The van der Waals surface area contributed by atoms with Crippen molar-refractivity contribution < 1.29 is 9.59 Å². The molecule has 3 fully saturated rings. The molecule has 6 heteroatoms. The molecule has 0 unspecified atom stereocenters. The van der Waals surface area contributed by atoms with E-state index in [9.17, 15) is 9.59 Å². The van der Waals surface area contributed by atoms with E-state index in [2.05, 4.69) is 29.7 Å². The van der Waals surface area contributed by atoms with Crippen LogP contribution in [0.2, 0.25) is 0 Å². The summed E-state index contributed by atoms with van der Waals surface area (Å²) in [5, 5.41) is 0.952. The number of aromatic nitrogens is 1. The highest BCUT2D eigenvalue weighted by atomic mass is 16.2. The topological polar surface area (TPSA) is 56.8 Å². The van der Waals surface area contributed by atoms with Crippen molar-refractivity contribution in [3.8, 4) is 0 Å². The summed E-state index contributed by atoms with van der Waals surface area (Å²) in [6, 6.07) is 10.3. The van der Waals surface area contributed by atoms with Gasteiger partial charge in [-0.1, -0.05) is 32.0 Å². The van der Waals surface area contributed by atoms with Crippen LogP contribution in [0.5, 0.6) is 0 Å². The molecule has 6 nitrogen and oxygen atoms in total. The molecule has 0 spiro atoms. The number of carbonyl (C=O) groups is 2. The molecule has 1 aromatic carbocycles. The zero-order valence-corrected chi connectivity index (χ0v) is 20.0. The van der Waals surface area contributed by atoms with Gasteiger partial charge in [-0.15, -0.1) is 0 Å². The third kappa shape index (κ3) is 4.50. The van der Waals surface area contributed by atoms with Gasteiger partial charge in [0, 0.05) is 55.6 Å². The lowest BCUT2D eigenvalue weighted by molar-refractivity contribution is -0.140. The molecule has 2 saturated heterocycles. The van der Waals surface area contributed by atoms with Crippen LogP contribution in [0, 0.1) is 5.92 Å². The number of fused-ring (bicyclic) bond motifs is 2. The number of carbonyl (C=O) groups excluding carboxylic acids is 2. The molecule has 2 atom stereocenters. The predicted octanol–water partition coefficient (Wildman–Crippen LogP) is 3.91. The molecule has 0 bridgehead atoms. The molecule has 2 aliphatic heterocycles.